The van der Waals surface area contributed by atoms with Crippen LogP contribution in [0.15, 0.2) is 30.6 Å². The molecule has 5 nitrogen and oxygen atoms in total. The van der Waals surface area contributed by atoms with Crippen molar-refractivity contribution < 1.29 is 4.39 Å². The third-order valence-corrected chi connectivity index (χ3v) is 3.16. The lowest BCUT2D eigenvalue weighted by Gasteiger charge is -2.18. The van der Waals surface area contributed by atoms with Crippen LogP contribution in [-0.2, 0) is 6.54 Å². The van der Waals surface area contributed by atoms with Crippen LogP contribution >= 0.6 is 0 Å². The van der Waals surface area contributed by atoms with Gasteiger partial charge in [0, 0.05) is 13.6 Å². The molecule has 2 heterocycles. The van der Waals surface area contributed by atoms with E-state index in [1.165, 1.54) is 18.5 Å². The molecule has 0 bridgehead atoms. The summed E-state index contributed by atoms with van der Waals surface area (Å²) in [5, 5.41) is 7.14. The molecule has 102 valence electrons. The fourth-order valence-electron chi connectivity index (χ4n) is 2.20. The average molecular weight is 271 g/mol. The summed E-state index contributed by atoms with van der Waals surface area (Å²) in [7, 11) is 1.90. The molecule has 1 aromatic carbocycles. The molecule has 0 atom stereocenters. The Kier molecular flexibility index (Phi) is 3.06. The van der Waals surface area contributed by atoms with Crippen molar-refractivity contribution in [2.24, 2.45) is 0 Å². The highest BCUT2D eigenvalue weighted by Crippen LogP contribution is 2.22. The maximum absolute atomic E-state index is 13.2. The first-order chi connectivity index (χ1) is 9.65. The van der Waals surface area contributed by atoms with E-state index in [1.54, 1.807) is 6.07 Å². The summed E-state index contributed by atoms with van der Waals surface area (Å²) in [6.07, 6.45) is 1.52. The minimum absolute atomic E-state index is 0.237. The van der Waals surface area contributed by atoms with Gasteiger partial charge in [-0.3, -0.25) is 5.10 Å². The minimum Gasteiger partial charge on any atom is -0.353 e. The second-order valence-electron chi connectivity index (χ2n) is 4.73. The topological polar surface area (TPSA) is 57.7 Å². The van der Waals surface area contributed by atoms with Crippen LogP contribution in [-0.4, -0.2) is 27.2 Å². The van der Waals surface area contributed by atoms with Crippen molar-refractivity contribution in [3.05, 3.63) is 47.7 Å². The summed E-state index contributed by atoms with van der Waals surface area (Å²) in [4.78, 5) is 10.4. The predicted molar refractivity (Wildman–Crippen MR) is 74.9 cm³/mol. The first-order valence-electron chi connectivity index (χ1n) is 6.26. The van der Waals surface area contributed by atoms with Gasteiger partial charge >= 0.3 is 0 Å². The van der Waals surface area contributed by atoms with Gasteiger partial charge in [-0.1, -0.05) is 12.1 Å². The zero-order valence-electron chi connectivity index (χ0n) is 11.3. The summed E-state index contributed by atoms with van der Waals surface area (Å²) in [5.41, 5.74) is 3.32. The maximum Gasteiger partial charge on any atom is 0.160 e. The largest absolute Gasteiger partial charge is 0.353 e. The van der Waals surface area contributed by atoms with Crippen molar-refractivity contribution in [1.82, 2.24) is 20.2 Å². The fraction of sp³-hybridized carbons (Fsp3) is 0.214. The second-order valence-corrected chi connectivity index (χ2v) is 4.73. The number of aromatic nitrogens is 4. The summed E-state index contributed by atoms with van der Waals surface area (Å²) >= 11 is 0. The van der Waals surface area contributed by atoms with E-state index in [4.69, 9.17) is 0 Å². The van der Waals surface area contributed by atoms with E-state index in [0.29, 0.717) is 6.54 Å². The van der Waals surface area contributed by atoms with Gasteiger partial charge in [0.15, 0.2) is 11.3 Å². The first-order valence-corrected chi connectivity index (χ1v) is 6.26. The Bertz CT molecular complexity index is 752. The van der Waals surface area contributed by atoms with E-state index < -0.39 is 0 Å². The summed E-state index contributed by atoms with van der Waals surface area (Å²) in [6.45, 7) is 2.47. The molecule has 0 aliphatic rings. The van der Waals surface area contributed by atoms with E-state index in [0.717, 1.165) is 28.1 Å². The van der Waals surface area contributed by atoms with Crippen LogP contribution in [0.5, 0.6) is 0 Å². The predicted octanol–water partition coefficient (Wildman–Crippen LogP) is 2.44. The van der Waals surface area contributed by atoms with Gasteiger partial charge in [0.05, 0.1) is 5.69 Å². The summed E-state index contributed by atoms with van der Waals surface area (Å²) in [6, 6.07) is 6.54. The van der Waals surface area contributed by atoms with Crippen LogP contribution < -0.4 is 4.90 Å². The van der Waals surface area contributed by atoms with Crippen LogP contribution in [0.1, 0.15) is 11.3 Å². The Hall–Kier alpha value is -2.50. The number of fused-ring (bicyclic) bond motifs is 1. The van der Waals surface area contributed by atoms with Gasteiger partial charge in [0.25, 0.3) is 0 Å². The Morgan fingerprint density at radius 3 is 2.90 bits per heavy atom. The van der Waals surface area contributed by atoms with Crippen molar-refractivity contribution in [2.75, 3.05) is 11.9 Å². The van der Waals surface area contributed by atoms with Gasteiger partial charge in [-0.25, -0.2) is 14.4 Å². The van der Waals surface area contributed by atoms with E-state index >= 15 is 0 Å². The van der Waals surface area contributed by atoms with Crippen molar-refractivity contribution >= 4 is 16.9 Å². The zero-order chi connectivity index (χ0) is 14.1. The molecular formula is C14H14FN5. The third-order valence-electron chi connectivity index (χ3n) is 3.16. The van der Waals surface area contributed by atoms with Gasteiger partial charge in [0.1, 0.15) is 17.7 Å². The molecule has 0 aliphatic carbocycles. The third kappa shape index (κ3) is 2.20. The number of hydrogen-bond donors (Lipinski definition) is 1. The van der Waals surface area contributed by atoms with Crippen molar-refractivity contribution in [1.29, 1.82) is 0 Å². The monoisotopic (exact) mass is 271 g/mol. The van der Waals surface area contributed by atoms with Crippen LogP contribution in [0, 0.1) is 12.7 Å². The molecule has 6 heteroatoms. The highest BCUT2D eigenvalue weighted by atomic mass is 19.1. The number of nitrogens with one attached hydrogen (secondary N) is 1. The van der Waals surface area contributed by atoms with E-state index in [2.05, 4.69) is 20.2 Å². The van der Waals surface area contributed by atoms with Crippen LogP contribution in [0.3, 0.4) is 0 Å². The first kappa shape index (κ1) is 12.5. The zero-order valence-corrected chi connectivity index (χ0v) is 11.3. The molecule has 20 heavy (non-hydrogen) atoms. The molecule has 1 N–H and O–H groups in total. The second kappa shape index (κ2) is 4.88. The number of nitrogens with zero attached hydrogens (tertiary/aromatic N) is 4. The lowest BCUT2D eigenvalue weighted by Crippen LogP contribution is -2.18. The fourth-order valence-corrected chi connectivity index (χ4v) is 2.20. The van der Waals surface area contributed by atoms with E-state index in [9.17, 15) is 4.39 Å². The lowest BCUT2D eigenvalue weighted by atomic mass is 10.2. The van der Waals surface area contributed by atoms with E-state index in [1.807, 2.05) is 24.9 Å². The average Bonchev–Trinajstić information content (AvgIpc) is 2.81. The molecule has 3 rings (SSSR count). The standard InChI is InChI=1S/C14H14FN5/c1-9-12-13(19-18-9)14(17-8-16-12)20(2)7-10-4-3-5-11(15)6-10/h3-6,8H,7H2,1-2H3,(H,18,19). The number of hydrogen-bond acceptors (Lipinski definition) is 4. The van der Waals surface area contributed by atoms with Crippen molar-refractivity contribution in [3.63, 3.8) is 0 Å². The normalized spacial score (nSPS) is 10.9. The van der Waals surface area contributed by atoms with Gasteiger partial charge in [-0.2, -0.15) is 5.10 Å². The molecule has 0 fully saturated rings. The van der Waals surface area contributed by atoms with Gasteiger partial charge in [-0.15, -0.1) is 0 Å². The molecule has 0 unspecified atom stereocenters. The number of rotatable bonds is 3. The molecule has 0 saturated heterocycles. The molecule has 0 radical (unpaired) electrons. The Morgan fingerprint density at radius 1 is 1.25 bits per heavy atom. The van der Waals surface area contributed by atoms with Crippen LogP contribution in [0.25, 0.3) is 11.0 Å². The Balaban J connectivity index is 1.94. The molecule has 0 aliphatic heterocycles. The SMILES string of the molecule is Cc1[nH]nc2c(N(C)Cc3cccc(F)c3)ncnc12. The Labute approximate surface area is 115 Å². The Morgan fingerprint density at radius 2 is 2.10 bits per heavy atom. The highest BCUT2D eigenvalue weighted by Gasteiger charge is 2.13. The van der Waals surface area contributed by atoms with Crippen molar-refractivity contribution in [2.45, 2.75) is 13.5 Å². The van der Waals surface area contributed by atoms with Crippen LogP contribution in [0.4, 0.5) is 10.2 Å². The summed E-state index contributed by atoms with van der Waals surface area (Å²) < 4.78 is 13.2. The molecule has 0 saturated carbocycles. The number of H-pyrrole nitrogens is 1. The van der Waals surface area contributed by atoms with Gasteiger partial charge < -0.3 is 4.90 Å². The number of aryl methyl sites for hydroxylation is 1. The summed E-state index contributed by atoms with van der Waals surface area (Å²) in [5.74, 6) is 0.489. The minimum atomic E-state index is -0.237. The number of anilines is 1. The molecule has 3 aromatic rings. The van der Waals surface area contributed by atoms with Crippen molar-refractivity contribution in [3.8, 4) is 0 Å². The van der Waals surface area contributed by atoms with Gasteiger partial charge in [-0.05, 0) is 24.6 Å². The molecule has 2 aromatic heterocycles. The van der Waals surface area contributed by atoms with Gasteiger partial charge in [0.2, 0.25) is 0 Å². The number of benzene rings is 1. The number of aromatic amines is 1. The smallest absolute Gasteiger partial charge is 0.160 e. The molecular weight excluding hydrogens is 257 g/mol. The maximum atomic E-state index is 13.2. The highest BCUT2D eigenvalue weighted by molar-refractivity contribution is 5.86. The quantitative estimate of drug-likeness (QED) is 0.795. The van der Waals surface area contributed by atoms with Crippen LogP contribution in [0.2, 0.25) is 0 Å². The van der Waals surface area contributed by atoms with E-state index in [-0.39, 0.29) is 5.82 Å². The lowest BCUT2D eigenvalue weighted by molar-refractivity contribution is 0.625. The molecule has 0 amide bonds. The number of halogens is 1. The molecule has 0 spiro atoms.